The van der Waals surface area contributed by atoms with Gasteiger partial charge in [0, 0.05) is 18.3 Å². The van der Waals surface area contributed by atoms with Crippen LogP contribution >= 0.6 is 0 Å². The van der Waals surface area contributed by atoms with Gasteiger partial charge in [-0.15, -0.1) is 0 Å². The van der Waals surface area contributed by atoms with E-state index in [-0.39, 0.29) is 29.3 Å². The first-order chi connectivity index (χ1) is 12.9. The first kappa shape index (κ1) is 17.6. The second-order valence-corrected chi connectivity index (χ2v) is 8.54. The summed E-state index contributed by atoms with van der Waals surface area (Å²) in [5, 5.41) is 10.7. The van der Waals surface area contributed by atoms with Crippen molar-refractivity contribution in [2.24, 2.45) is 0 Å². The molecule has 1 aromatic carbocycles. The standard InChI is InChI=1S/C16H15F2N5O3S/c17-9-1-2-13(12(18)7-9)26-16-19-8-11-14(22-23-15(11)21-16)20-10-3-5-27(24,25)6-4-10/h1-2,7-8,10H,3-6H2,(H2,19,20,21,22,23). The molecule has 1 aliphatic heterocycles. The Hall–Kier alpha value is -2.82. The summed E-state index contributed by atoms with van der Waals surface area (Å²) < 4.78 is 54.9. The zero-order valence-electron chi connectivity index (χ0n) is 13.9. The van der Waals surface area contributed by atoms with Crippen LogP contribution in [-0.2, 0) is 9.84 Å². The average molecular weight is 395 g/mol. The molecule has 3 heterocycles. The number of halogens is 2. The van der Waals surface area contributed by atoms with Gasteiger partial charge in [0.1, 0.15) is 15.7 Å². The second-order valence-electron chi connectivity index (χ2n) is 6.23. The lowest BCUT2D eigenvalue weighted by Crippen LogP contribution is -2.32. The minimum absolute atomic E-state index is 0.00994. The van der Waals surface area contributed by atoms with Crippen molar-refractivity contribution in [1.82, 2.24) is 20.2 Å². The van der Waals surface area contributed by atoms with E-state index in [1.165, 1.54) is 6.20 Å². The van der Waals surface area contributed by atoms with Crippen LogP contribution in [0.5, 0.6) is 11.8 Å². The molecule has 0 bridgehead atoms. The van der Waals surface area contributed by atoms with Crippen molar-refractivity contribution in [3.63, 3.8) is 0 Å². The Bertz CT molecular complexity index is 1090. The molecule has 142 valence electrons. The van der Waals surface area contributed by atoms with Crippen LogP contribution < -0.4 is 10.1 Å². The average Bonchev–Trinajstić information content (AvgIpc) is 3.01. The summed E-state index contributed by atoms with van der Waals surface area (Å²) in [7, 11) is -2.94. The highest BCUT2D eigenvalue weighted by Gasteiger charge is 2.24. The Morgan fingerprint density at radius 2 is 2.00 bits per heavy atom. The van der Waals surface area contributed by atoms with Crippen molar-refractivity contribution in [3.05, 3.63) is 36.0 Å². The molecular formula is C16H15F2N5O3S. The molecule has 1 saturated heterocycles. The fraction of sp³-hybridized carbons (Fsp3) is 0.312. The lowest BCUT2D eigenvalue weighted by molar-refractivity contribution is 0.409. The first-order valence-electron chi connectivity index (χ1n) is 8.21. The number of benzene rings is 1. The van der Waals surface area contributed by atoms with Crippen molar-refractivity contribution in [3.8, 4) is 11.8 Å². The molecule has 0 aliphatic carbocycles. The Morgan fingerprint density at radius 1 is 1.22 bits per heavy atom. The predicted octanol–water partition coefficient (Wildman–Crippen LogP) is 2.41. The minimum atomic E-state index is -2.94. The molecule has 0 spiro atoms. The number of aromatic nitrogens is 4. The predicted molar refractivity (Wildman–Crippen MR) is 93.4 cm³/mol. The first-order valence-corrected chi connectivity index (χ1v) is 10.0. The number of hydrogen-bond donors (Lipinski definition) is 2. The lowest BCUT2D eigenvalue weighted by Gasteiger charge is -2.22. The van der Waals surface area contributed by atoms with Crippen LogP contribution in [-0.4, -0.2) is 46.1 Å². The third-order valence-electron chi connectivity index (χ3n) is 4.29. The van der Waals surface area contributed by atoms with Crippen molar-refractivity contribution in [2.75, 3.05) is 16.8 Å². The van der Waals surface area contributed by atoms with E-state index >= 15 is 0 Å². The van der Waals surface area contributed by atoms with Crippen molar-refractivity contribution >= 4 is 26.7 Å². The molecule has 1 fully saturated rings. The van der Waals surface area contributed by atoms with Crippen LogP contribution in [0.2, 0.25) is 0 Å². The molecule has 0 atom stereocenters. The molecule has 8 nitrogen and oxygen atoms in total. The summed E-state index contributed by atoms with van der Waals surface area (Å²) in [5.41, 5.74) is 0.369. The second kappa shape index (κ2) is 6.72. The van der Waals surface area contributed by atoms with E-state index < -0.39 is 21.5 Å². The number of nitrogens with zero attached hydrogens (tertiary/aromatic N) is 3. The molecule has 27 heavy (non-hydrogen) atoms. The highest BCUT2D eigenvalue weighted by atomic mass is 32.2. The van der Waals surface area contributed by atoms with Gasteiger partial charge in [-0.1, -0.05) is 0 Å². The Morgan fingerprint density at radius 3 is 2.74 bits per heavy atom. The molecule has 1 aliphatic rings. The van der Waals surface area contributed by atoms with Crippen LogP contribution in [0.3, 0.4) is 0 Å². The number of nitrogens with one attached hydrogen (secondary N) is 2. The minimum Gasteiger partial charge on any atom is -0.421 e. The van der Waals surface area contributed by atoms with Crippen LogP contribution in [0.15, 0.2) is 24.4 Å². The number of ether oxygens (including phenoxy) is 1. The molecule has 4 rings (SSSR count). The summed E-state index contributed by atoms with van der Waals surface area (Å²) in [6.07, 6.45) is 2.47. The summed E-state index contributed by atoms with van der Waals surface area (Å²) in [6, 6.07) is 2.79. The molecule has 0 amide bonds. The number of rotatable bonds is 4. The zero-order chi connectivity index (χ0) is 19.0. The smallest absolute Gasteiger partial charge is 0.324 e. The van der Waals surface area contributed by atoms with Crippen molar-refractivity contribution < 1.29 is 21.9 Å². The van der Waals surface area contributed by atoms with Crippen molar-refractivity contribution in [1.29, 1.82) is 0 Å². The normalized spacial score (nSPS) is 17.1. The van der Waals surface area contributed by atoms with E-state index in [1.807, 2.05) is 0 Å². The summed E-state index contributed by atoms with van der Waals surface area (Å²) in [5.74, 6) is -0.977. The van der Waals surface area contributed by atoms with Crippen LogP contribution in [0, 0.1) is 11.6 Å². The monoisotopic (exact) mass is 395 g/mol. The maximum absolute atomic E-state index is 13.7. The van der Waals surface area contributed by atoms with Gasteiger partial charge >= 0.3 is 6.01 Å². The third-order valence-corrected chi connectivity index (χ3v) is 6.00. The van der Waals surface area contributed by atoms with Gasteiger partial charge in [0.15, 0.2) is 23.0 Å². The zero-order valence-corrected chi connectivity index (χ0v) is 14.8. The van der Waals surface area contributed by atoms with E-state index in [4.69, 9.17) is 4.74 Å². The quantitative estimate of drug-likeness (QED) is 0.698. The molecule has 2 N–H and O–H groups in total. The number of aromatic amines is 1. The Balaban J connectivity index is 1.51. The van der Waals surface area contributed by atoms with E-state index in [1.54, 1.807) is 0 Å². The van der Waals surface area contributed by atoms with E-state index in [0.29, 0.717) is 35.8 Å². The molecule has 3 aromatic rings. The largest absolute Gasteiger partial charge is 0.421 e. The molecule has 2 aromatic heterocycles. The topological polar surface area (TPSA) is 110 Å². The number of sulfone groups is 1. The highest BCUT2D eigenvalue weighted by Crippen LogP contribution is 2.26. The van der Waals surface area contributed by atoms with Crippen LogP contribution in [0.1, 0.15) is 12.8 Å². The van der Waals surface area contributed by atoms with Gasteiger partial charge in [0.05, 0.1) is 16.9 Å². The van der Waals surface area contributed by atoms with E-state index in [0.717, 1.165) is 12.1 Å². The van der Waals surface area contributed by atoms with Gasteiger partial charge in [0.2, 0.25) is 0 Å². The lowest BCUT2D eigenvalue weighted by atomic mass is 10.1. The number of H-pyrrole nitrogens is 1. The van der Waals surface area contributed by atoms with Gasteiger partial charge in [-0.05, 0) is 25.0 Å². The maximum atomic E-state index is 13.7. The molecule has 11 heteroatoms. The fourth-order valence-electron chi connectivity index (χ4n) is 2.84. The molecule has 0 saturated carbocycles. The van der Waals surface area contributed by atoms with Gasteiger partial charge in [-0.3, -0.25) is 5.10 Å². The van der Waals surface area contributed by atoms with Gasteiger partial charge < -0.3 is 10.1 Å². The molecule has 0 radical (unpaired) electrons. The highest BCUT2D eigenvalue weighted by molar-refractivity contribution is 7.91. The van der Waals surface area contributed by atoms with Crippen molar-refractivity contribution in [2.45, 2.75) is 18.9 Å². The summed E-state index contributed by atoms with van der Waals surface area (Å²) in [4.78, 5) is 8.15. The van der Waals surface area contributed by atoms with Crippen LogP contribution in [0.25, 0.3) is 11.0 Å². The summed E-state index contributed by atoms with van der Waals surface area (Å²) in [6.45, 7) is 0. The third kappa shape index (κ3) is 3.82. The van der Waals surface area contributed by atoms with E-state index in [9.17, 15) is 17.2 Å². The summed E-state index contributed by atoms with van der Waals surface area (Å²) >= 11 is 0. The van der Waals surface area contributed by atoms with Gasteiger partial charge in [-0.25, -0.2) is 22.2 Å². The number of hydrogen-bond acceptors (Lipinski definition) is 7. The SMILES string of the molecule is O=S1(=O)CCC(Nc2n[nH]c3nc(Oc4ccc(F)cc4F)ncc23)CC1. The maximum Gasteiger partial charge on any atom is 0.324 e. The fourth-order valence-corrected chi connectivity index (χ4v) is 4.33. The van der Waals surface area contributed by atoms with E-state index in [2.05, 4.69) is 25.5 Å². The Labute approximate surface area is 152 Å². The van der Waals surface area contributed by atoms with Gasteiger partial charge in [-0.2, -0.15) is 10.1 Å². The van der Waals surface area contributed by atoms with Crippen LogP contribution in [0.4, 0.5) is 14.6 Å². The molecular weight excluding hydrogens is 380 g/mol. The number of fused-ring (bicyclic) bond motifs is 1. The molecule has 0 unspecified atom stereocenters. The number of anilines is 1. The van der Waals surface area contributed by atoms with Gasteiger partial charge in [0.25, 0.3) is 0 Å². The Kier molecular flexibility index (Phi) is 4.38.